The van der Waals surface area contributed by atoms with Crippen molar-refractivity contribution < 1.29 is 0 Å². The van der Waals surface area contributed by atoms with E-state index in [-0.39, 0.29) is 0 Å². The molecule has 0 saturated heterocycles. The monoisotopic (exact) mass is 870 g/mol. The van der Waals surface area contributed by atoms with Gasteiger partial charge in [-0.15, -0.1) is 0 Å². The Balaban J connectivity index is 1.00. The fourth-order valence-corrected chi connectivity index (χ4v) is 9.75. The van der Waals surface area contributed by atoms with E-state index < -0.39 is 0 Å². The number of hydrogen-bond donors (Lipinski definition) is 0. The van der Waals surface area contributed by atoms with E-state index in [0.717, 1.165) is 78.8 Å². The largest absolute Gasteiger partial charge is 0.310 e. The standard InChI is InChI=1S/C64H46N4/c1-7-21-51(22-8-1)65(52-23-9-2-10-24-52)59-43-50(44-60(45-59)66(53-25-11-3-12-26-53)54-27-13-4-14-28-54)48-35-36-49-42-57(38-37-47(49)41-48)67(55-29-15-5-16-30-55)58-39-40-62-61-33-19-20-34-63(61)68(64(62)46-58)56-31-17-6-18-32-56/h1-46H. The molecule has 0 aliphatic carbocycles. The van der Waals surface area contributed by atoms with Crippen molar-refractivity contribution in [3.05, 3.63) is 279 Å². The topological polar surface area (TPSA) is 14.7 Å². The number of rotatable bonds is 11. The Hall–Kier alpha value is -9.12. The SMILES string of the molecule is c1ccc(N(c2ccccc2)c2cc(-c3ccc4cc(N(c5ccccc5)c5ccc6c7ccccc7n(-c7ccccc7)c6c5)ccc4c3)cc(N(c3ccccc3)c3ccccc3)c2)cc1. The molecule has 0 saturated carbocycles. The molecule has 0 aliphatic rings. The highest BCUT2D eigenvalue weighted by Crippen LogP contribution is 2.45. The van der Waals surface area contributed by atoms with Crippen LogP contribution in [0.5, 0.6) is 0 Å². The molecule has 0 unspecified atom stereocenters. The molecule has 0 fully saturated rings. The van der Waals surface area contributed by atoms with Gasteiger partial charge in [0, 0.05) is 67.6 Å². The van der Waals surface area contributed by atoms with E-state index in [1.165, 1.54) is 21.8 Å². The van der Waals surface area contributed by atoms with Crippen molar-refractivity contribution >= 4 is 83.8 Å². The lowest BCUT2D eigenvalue weighted by atomic mass is 9.98. The smallest absolute Gasteiger partial charge is 0.0561 e. The fraction of sp³-hybridized carbons (Fsp3) is 0. The van der Waals surface area contributed by atoms with Crippen LogP contribution in [0.4, 0.5) is 51.2 Å². The van der Waals surface area contributed by atoms with Gasteiger partial charge in [0.1, 0.15) is 0 Å². The normalized spacial score (nSPS) is 11.2. The van der Waals surface area contributed by atoms with E-state index in [4.69, 9.17) is 0 Å². The molecule has 0 spiro atoms. The zero-order chi connectivity index (χ0) is 45.2. The highest BCUT2D eigenvalue weighted by Gasteiger charge is 2.21. The van der Waals surface area contributed by atoms with Crippen molar-refractivity contribution in [3.8, 4) is 16.8 Å². The molecule has 0 amide bonds. The van der Waals surface area contributed by atoms with Crippen LogP contribution in [0.2, 0.25) is 0 Å². The minimum absolute atomic E-state index is 1.06. The lowest BCUT2D eigenvalue weighted by molar-refractivity contribution is 1.18. The van der Waals surface area contributed by atoms with Gasteiger partial charge < -0.3 is 19.3 Å². The summed E-state index contributed by atoms with van der Waals surface area (Å²) < 4.78 is 2.39. The lowest BCUT2D eigenvalue weighted by Crippen LogP contribution is -2.13. The summed E-state index contributed by atoms with van der Waals surface area (Å²) in [6.07, 6.45) is 0. The molecule has 0 bridgehead atoms. The highest BCUT2D eigenvalue weighted by atomic mass is 15.2. The Labute approximate surface area is 397 Å². The van der Waals surface area contributed by atoms with Crippen LogP contribution in [0.25, 0.3) is 49.4 Å². The Bertz CT molecular complexity index is 3490. The maximum absolute atomic E-state index is 2.39. The van der Waals surface area contributed by atoms with Crippen LogP contribution in [0.1, 0.15) is 0 Å². The van der Waals surface area contributed by atoms with Crippen LogP contribution in [-0.2, 0) is 0 Å². The maximum atomic E-state index is 2.39. The molecule has 0 aliphatic heterocycles. The number of benzene rings is 11. The van der Waals surface area contributed by atoms with Crippen molar-refractivity contribution in [1.29, 1.82) is 0 Å². The average Bonchev–Trinajstić information content (AvgIpc) is 3.74. The van der Waals surface area contributed by atoms with Crippen LogP contribution in [0.15, 0.2) is 279 Å². The van der Waals surface area contributed by atoms with Gasteiger partial charge in [0.05, 0.1) is 11.0 Å². The van der Waals surface area contributed by atoms with Crippen molar-refractivity contribution in [2.24, 2.45) is 0 Å². The molecule has 12 rings (SSSR count). The first-order valence-corrected chi connectivity index (χ1v) is 23.2. The van der Waals surface area contributed by atoms with E-state index in [2.05, 4.69) is 298 Å². The van der Waals surface area contributed by atoms with Gasteiger partial charge in [0.2, 0.25) is 0 Å². The molecule has 0 radical (unpaired) electrons. The molecule has 4 nitrogen and oxygen atoms in total. The third-order valence-corrected chi connectivity index (χ3v) is 12.8. The highest BCUT2D eigenvalue weighted by molar-refractivity contribution is 6.10. The molecule has 322 valence electrons. The van der Waals surface area contributed by atoms with Gasteiger partial charge in [-0.3, -0.25) is 0 Å². The predicted molar refractivity (Wildman–Crippen MR) is 288 cm³/mol. The lowest BCUT2D eigenvalue weighted by Gasteiger charge is -2.30. The van der Waals surface area contributed by atoms with Crippen LogP contribution in [0.3, 0.4) is 0 Å². The number of fused-ring (bicyclic) bond motifs is 4. The van der Waals surface area contributed by atoms with Gasteiger partial charge in [-0.2, -0.15) is 0 Å². The Kier molecular flexibility index (Phi) is 10.5. The molecule has 0 atom stereocenters. The van der Waals surface area contributed by atoms with Gasteiger partial charge in [0.25, 0.3) is 0 Å². The van der Waals surface area contributed by atoms with Crippen LogP contribution < -0.4 is 14.7 Å². The molecule has 4 heteroatoms. The first-order chi connectivity index (χ1) is 33.7. The quantitative estimate of drug-likeness (QED) is 0.129. The molecule has 0 N–H and O–H groups in total. The third kappa shape index (κ3) is 7.60. The first-order valence-electron chi connectivity index (χ1n) is 23.2. The second-order valence-corrected chi connectivity index (χ2v) is 17.1. The molecular formula is C64H46N4. The van der Waals surface area contributed by atoms with E-state index in [1.54, 1.807) is 0 Å². The molecule has 11 aromatic carbocycles. The van der Waals surface area contributed by atoms with E-state index in [9.17, 15) is 0 Å². The minimum Gasteiger partial charge on any atom is -0.310 e. The first kappa shape index (κ1) is 40.4. The van der Waals surface area contributed by atoms with E-state index in [1.807, 2.05) is 0 Å². The maximum Gasteiger partial charge on any atom is 0.0561 e. The second-order valence-electron chi connectivity index (χ2n) is 17.1. The van der Waals surface area contributed by atoms with Gasteiger partial charge >= 0.3 is 0 Å². The van der Waals surface area contributed by atoms with Gasteiger partial charge in [-0.25, -0.2) is 0 Å². The fourth-order valence-electron chi connectivity index (χ4n) is 9.75. The van der Waals surface area contributed by atoms with Gasteiger partial charge in [-0.1, -0.05) is 152 Å². The van der Waals surface area contributed by atoms with Crippen molar-refractivity contribution in [2.45, 2.75) is 0 Å². The minimum atomic E-state index is 1.06. The molecule has 68 heavy (non-hydrogen) atoms. The van der Waals surface area contributed by atoms with E-state index in [0.29, 0.717) is 0 Å². The molecular weight excluding hydrogens is 825 g/mol. The molecule has 1 heterocycles. The van der Waals surface area contributed by atoms with Crippen molar-refractivity contribution in [3.63, 3.8) is 0 Å². The number of nitrogens with zero attached hydrogens (tertiary/aromatic N) is 4. The zero-order valence-electron chi connectivity index (χ0n) is 37.3. The summed E-state index contributed by atoms with van der Waals surface area (Å²) >= 11 is 0. The molecule has 12 aromatic rings. The Morgan fingerprint density at radius 2 is 0.618 bits per heavy atom. The summed E-state index contributed by atoms with van der Waals surface area (Å²) in [4.78, 5) is 7.08. The second kappa shape index (κ2) is 17.7. The number of para-hydroxylation sites is 7. The zero-order valence-corrected chi connectivity index (χ0v) is 37.3. The summed E-state index contributed by atoms with van der Waals surface area (Å²) in [7, 11) is 0. The van der Waals surface area contributed by atoms with Crippen molar-refractivity contribution in [2.75, 3.05) is 14.7 Å². The Morgan fingerprint density at radius 1 is 0.221 bits per heavy atom. The van der Waals surface area contributed by atoms with Gasteiger partial charge in [-0.05, 0) is 149 Å². The van der Waals surface area contributed by atoms with E-state index >= 15 is 0 Å². The summed E-state index contributed by atoms with van der Waals surface area (Å²) in [6, 6.07) is 100. The van der Waals surface area contributed by atoms with Crippen LogP contribution in [-0.4, -0.2) is 4.57 Å². The third-order valence-electron chi connectivity index (χ3n) is 12.8. The summed E-state index contributed by atoms with van der Waals surface area (Å²) in [5.41, 5.74) is 15.5. The van der Waals surface area contributed by atoms with Crippen LogP contribution >= 0.6 is 0 Å². The number of anilines is 9. The molecule has 1 aromatic heterocycles. The predicted octanol–water partition coefficient (Wildman–Crippen LogP) is 18.0. The number of hydrogen-bond acceptors (Lipinski definition) is 3. The average molecular weight is 871 g/mol. The summed E-state index contributed by atoms with van der Waals surface area (Å²) in [5.74, 6) is 0. The summed E-state index contributed by atoms with van der Waals surface area (Å²) in [6.45, 7) is 0. The number of aromatic nitrogens is 1. The van der Waals surface area contributed by atoms with Gasteiger partial charge in [0.15, 0.2) is 0 Å². The van der Waals surface area contributed by atoms with Crippen molar-refractivity contribution in [1.82, 2.24) is 4.57 Å². The summed E-state index contributed by atoms with van der Waals surface area (Å²) in [5, 5.41) is 4.79. The van der Waals surface area contributed by atoms with Crippen LogP contribution in [0, 0.1) is 0 Å². The Morgan fingerprint density at radius 3 is 1.15 bits per heavy atom.